The number of nitrogens with one attached hydrogen (secondary N) is 1. The lowest BCUT2D eigenvalue weighted by Crippen LogP contribution is -2.30. The normalized spacial score (nSPS) is 21.8. The lowest BCUT2D eigenvalue weighted by molar-refractivity contribution is 0.0540. The largest absolute Gasteiger partial charge is 0.381 e. The van der Waals surface area contributed by atoms with Gasteiger partial charge >= 0.3 is 0 Å². The molecule has 2 unspecified atom stereocenters. The van der Waals surface area contributed by atoms with Crippen LogP contribution >= 0.6 is 11.6 Å². The average molecular weight is 272 g/mol. The molecule has 1 heterocycles. The van der Waals surface area contributed by atoms with Crippen molar-refractivity contribution < 1.29 is 9.13 Å². The fourth-order valence-corrected chi connectivity index (χ4v) is 2.61. The van der Waals surface area contributed by atoms with Gasteiger partial charge in [-0.15, -0.1) is 0 Å². The van der Waals surface area contributed by atoms with Crippen LogP contribution in [0.5, 0.6) is 0 Å². The van der Waals surface area contributed by atoms with E-state index in [1.54, 1.807) is 6.07 Å². The molecule has 1 fully saturated rings. The van der Waals surface area contributed by atoms with Crippen molar-refractivity contribution in [3.63, 3.8) is 0 Å². The predicted octanol–water partition coefficient (Wildman–Crippen LogP) is 3.56. The zero-order valence-electron chi connectivity index (χ0n) is 10.6. The molecule has 1 aromatic carbocycles. The number of hydrogen-bond acceptors (Lipinski definition) is 2. The molecule has 1 aliphatic heterocycles. The molecule has 0 saturated carbocycles. The molecular weight excluding hydrogens is 253 g/mol. The quantitative estimate of drug-likeness (QED) is 0.904. The molecule has 0 bridgehead atoms. The maximum Gasteiger partial charge on any atom is 0.124 e. The summed E-state index contributed by atoms with van der Waals surface area (Å²) in [6.45, 7) is 4.67. The molecule has 1 saturated heterocycles. The van der Waals surface area contributed by atoms with E-state index >= 15 is 0 Å². The van der Waals surface area contributed by atoms with Crippen molar-refractivity contribution in [1.82, 2.24) is 5.32 Å². The number of benzene rings is 1. The number of hydrogen-bond donors (Lipinski definition) is 1. The molecule has 0 aliphatic carbocycles. The van der Waals surface area contributed by atoms with Gasteiger partial charge in [0.05, 0.1) is 6.61 Å². The summed E-state index contributed by atoms with van der Waals surface area (Å²) in [4.78, 5) is 0. The number of ether oxygens (including phenoxy) is 1. The van der Waals surface area contributed by atoms with E-state index in [9.17, 15) is 4.39 Å². The van der Waals surface area contributed by atoms with Crippen molar-refractivity contribution in [2.24, 2.45) is 5.92 Å². The highest BCUT2D eigenvalue weighted by Crippen LogP contribution is 2.24. The van der Waals surface area contributed by atoms with E-state index in [0.717, 1.165) is 31.7 Å². The van der Waals surface area contributed by atoms with Gasteiger partial charge in [-0.05, 0) is 43.4 Å². The van der Waals surface area contributed by atoms with Gasteiger partial charge in [-0.1, -0.05) is 17.7 Å². The summed E-state index contributed by atoms with van der Waals surface area (Å²) in [5.74, 6) is 0.275. The summed E-state index contributed by atoms with van der Waals surface area (Å²) in [6.07, 6.45) is 2.34. The standard InChI is InChI=1S/C14H19ClFNO/c1-10(13-5-4-12(16)7-14(13)15)17-8-11-3-2-6-18-9-11/h4-5,7,10-11,17H,2-3,6,8-9H2,1H3. The Labute approximate surface area is 112 Å². The third-order valence-corrected chi connectivity index (χ3v) is 3.72. The molecule has 0 aromatic heterocycles. The molecule has 0 amide bonds. The van der Waals surface area contributed by atoms with Crippen LogP contribution in [0.1, 0.15) is 31.4 Å². The second-order valence-corrected chi connectivity index (χ2v) is 5.29. The third kappa shape index (κ3) is 3.67. The van der Waals surface area contributed by atoms with Crippen LogP contribution in [0.3, 0.4) is 0 Å². The smallest absolute Gasteiger partial charge is 0.124 e. The Morgan fingerprint density at radius 1 is 1.56 bits per heavy atom. The van der Waals surface area contributed by atoms with Crippen LogP contribution in [-0.2, 0) is 4.74 Å². The molecule has 2 rings (SSSR count). The monoisotopic (exact) mass is 271 g/mol. The van der Waals surface area contributed by atoms with Gasteiger partial charge in [0.2, 0.25) is 0 Å². The Morgan fingerprint density at radius 3 is 3.06 bits per heavy atom. The predicted molar refractivity (Wildman–Crippen MR) is 71.4 cm³/mol. The highest BCUT2D eigenvalue weighted by atomic mass is 35.5. The first-order valence-corrected chi connectivity index (χ1v) is 6.80. The van der Waals surface area contributed by atoms with E-state index in [4.69, 9.17) is 16.3 Å². The third-order valence-electron chi connectivity index (χ3n) is 3.40. The molecule has 2 nitrogen and oxygen atoms in total. The molecule has 1 aliphatic rings. The van der Waals surface area contributed by atoms with Crippen LogP contribution in [0.2, 0.25) is 5.02 Å². The fourth-order valence-electron chi connectivity index (χ4n) is 2.27. The van der Waals surface area contributed by atoms with Gasteiger partial charge in [-0.25, -0.2) is 4.39 Å². The summed E-state index contributed by atoms with van der Waals surface area (Å²) < 4.78 is 18.4. The Balaban J connectivity index is 1.88. The highest BCUT2D eigenvalue weighted by molar-refractivity contribution is 6.31. The van der Waals surface area contributed by atoms with Crippen LogP contribution in [0.4, 0.5) is 4.39 Å². The SMILES string of the molecule is CC(NCC1CCCOC1)c1ccc(F)cc1Cl. The van der Waals surface area contributed by atoms with Crippen molar-refractivity contribution in [3.8, 4) is 0 Å². The zero-order valence-corrected chi connectivity index (χ0v) is 11.3. The Hall–Kier alpha value is -0.640. The van der Waals surface area contributed by atoms with Crippen molar-refractivity contribution in [3.05, 3.63) is 34.6 Å². The Kier molecular flexibility index (Phi) is 4.98. The van der Waals surface area contributed by atoms with E-state index in [1.165, 1.54) is 18.6 Å². The van der Waals surface area contributed by atoms with E-state index in [0.29, 0.717) is 10.9 Å². The second kappa shape index (κ2) is 6.50. The van der Waals surface area contributed by atoms with Crippen molar-refractivity contribution in [1.29, 1.82) is 0 Å². The molecule has 1 aromatic rings. The lowest BCUT2D eigenvalue weighted by atomic mass is 10.0. The van der Waals surface area contributed by atoms with Crippen LogP contribution in [0.15, 0.2) is 18.2 Å². The first-order chi connectivity index (χ1) is 8.66. The van der Waals surface area contributed by atoms with Gasteiger partial charge in [0.1, 0.15) is 5.82 Å². The molecule has 4 heteroatoms. The molecule has 100 valence electrons. The number of rotatable bonds is 4. The summed E-state index contributed by atoms with van der Waals surface area (Å²) in [5.41, 5.74) is 0.940. The second-order valence-electron chi connectivity index (χ2n) is 4.88. The Bertz CT molecular complexity index is 393. The van der Waals surface area contributed by atoms with Crippen LogP contribution in [0, 0.1) is 11.7 Å². The zero-order chi connectivity index (χ0) is 13.0. The van der Waals surface area contributed by atoms with E-state index in [-0.39, 0.29) is 11.9 Å². The molecular formula is C14H19ClFNO. The minimum absolute atomic E-state index is 0.125. The average Bonchev–Trinajstić information content (AvgIpc) is 2.37. The minimum Gasteiger partial charge on any atom is -0.381 e. The topological polar surface area (TPSA) is 21.3 Å². The minimum atomic E-state index is -0.295. The summed E-state index contributed by atoms with van der Waals surface area (Å²) in [6, 6.07) is 4.68. The highest BCUT2D eigenvalue weighted by Gasteiger charge is 2.16. The van der Waals surface area contributed by atoms with E-state index in [1.807, 2.05) is 6.92 Å². The first-order valence-electron chi connectivity index (χ1n) is 6.43. The fraction of sp³-hybridized carbons (Fsp3) is 0.571. The maximum absolute atomic E-state index is 13.0. The van der Waals surface area contributed by atoms with Gasteiger partial charge < -0.3 is 10.1 Å². The maximum atomic E-state index is 13.0. The van der Waals surface area contributed by atoms with Gasteiger partial charge in [-0.2, -0.15) is 0 Å². The molecule has 1 N–H and O–H groups in total. The molecule has 2 atom stereocenters. The summed E-state index contributed by atoms with van der Waals surface area (Å²) >= 11 is 6.04. The molecule has 0 radical (unpaired) electrons. The number of halogens is 2. The van der Waals surface area contributed by atoms with Crippen molar-refractivity contribution in [2.45, 2.75) is 25.8 Å². The van der Waals surface area contributed by atoms with Gasteiger partial charge in [0, 0.05) is 24.2 Å². The van der Waals surface area contributed by atoms with Crippen molar-refractivity contribution in [2.75, 3.05) is 19.8 Å². The van der Waals surface area contributed by atoms with E-state index < -0.39 is 0 Å². The summed E-state index contributed by atoms with van der Waals surface area (Å²) in [5, 5.41) is 3.92. The Morgan fingerprint density at radius 2 is 2.39 bits per heavy atom. The van der Waals surface area contributed by atoms with Crippen molar-refractivity contribution >= 4 is 11.6 Å². The van der Waals surface area contributed by atoms with Crippen LogP contribution < -0.4 is 5.32 Å². The van der Waals surface area contributed by atoms with Gasteiger partial charge in [0.15, 0.2) is 0 Å². The van der Waals surface area contributed by atoms with Crippen LogP contribution in [-0.4, -0.2) is 19.8 Å². The van der Waals surface area contributed by atoms with E-state index in [2.05, 4.69) is 5.32 Å². The molecule has 18 heavy (non-hydrogen) atoms. The summed E-state index contributed by atoms with van der Waals surface area (Å²) in [7, 11) is 0. The first kappa shape index (κ1) is 13.8. The van der Waals surface area contributed by atoms with Crippen LogP contribution in [0.25, 0.3) is 0 Å². The molecule has 0 spiro atoms. The van der Waals surface area contributed by atoms with Gasteiger partial charge in [0.25, 0.3) is 0 Å². The lowest BCUT2D eigenvalue weighted by Gasteiger charge is -2.24. The van der Waals surface area contributed by atoms with Gasteiger partial charge in [-0.3, -0.25) is 0 Å².